The molecule has 1 aliphatic rings. The molecule has 1 fully saturated rings. The molecule has 3 unspecified atom stereocenters. The second kappa shape index (κ2) is 6.70. The number of hydrogen-bond acceptors (Lipinski definition) is 4. The fourth-order valence-corrected chi connectivity index (χ4v) is 2.55. The number of hydrogen-bond donors (Lipinski definition) is 1. The van der Waals surface area contributed by atoms with Crippen molar-refractivity contribution in [2.75, 3.05) is 6.54 Å². The number of rotatable bonds is 8. The van der Waals surface area contributed by atoms with E-state index in [9.17, 15) is 14.8 Å². The van der Waals surface area contributed by atoms with E-state index in [2.05, 4.69) is 0 Å². The average molecular weight is 259 g/mol. The summed E-state index contributed by atoms with van der Waals surface area (Å²) in [7, 11) is 0. The highest BCUT2D eigenvalue weighted by Crippen LogP contribution is 2.31. The smallest absolute Gasteiger partial charge is 0.303 e. The predicted octanol–water partition coefficient (Wildman–Crippen LogP) is 1.63. The largest absolute Gasteiger partial charge is 0.630 e. The van der Waals surface area contributed by atoms with E-state index in [0.717, 1.165) is 6.42 Å². The lowest BCUT2D eigenvalue weighted by molar-refractivity contribution is -0.933. The van der Waals surface area contributed by atoms with Gasteiger partial charge in [-0.1, -0.05) is 0 Å². The van der Waals surface area contributed by atoms with Crippen molar-refractivity contribution in [3.63, 3.8) is 0 Å². The van der Waals surface area contributed by atoms with Gasteiger partial charge in [0.1, 0.15) is 0 Å². The van der Waals surface area contributed by atoms with Crippen LogP contribution in [0.2, 0.25) is 0 Å². The van der Waals surface area contributed by atoms with Crippen molar-refractivity contribution in [3.8, 4) is 0 Å². The summed E-state index contributed by atoms with van der Waals surface area (Å²) in [5.74, 6) is -0.808. The zero-order valence-corrected chi connectivity index (χ0v) is 10.7. The van der Waals surface area contributed by atoms with Crippen LogP contribution in [0.15, 0.2) is 0 Å². The summed E-state index contributed by atoms with van der Waals surface area (Å²) in [6, 6.07) is -0.161. The molecule has 0 radical (unpaired) electrons. The number of carbonyl (C=O) groups excluding carboxylic acids is 1. The first-order valence-corrected chi connectivity index (χ1v) is 6.40. The zero-order valence-electron chi connectivity index (χ0n) is 10.7. The van der Waals surface area contributed by atoms with Crippen LogP contribution in [0.25, 0.3) is 0 Å². The molecule has 3 atom stereocenters. The van der Waals surface area contributed by atoms with Crippen molar-refractivity contribution in [3.05, 3.63) is 5.21 Å². The van der Waals surface area contributed by atoms with Crippen LogP contribution in [-0.4, -0.2) is 41.0 Å². The second-order valence-corrected chi connectivity index (χ2v) is 4.90. The lowest BCUT2D eigenvalue weighted by Crippen LogP contribution is -2.53. The number of carboxylic acids is 1. The molecule has 1 aliphatic heterocycles. The maximum absolute atomic E-state index is 12.6. The fraction of sp³-hybridized carbons (Fsp3) is 0.833. The lowest BCUT2D eigenvalue weighted by Gasteiger charge is -2.47. The van der Waals surface area contributed by atoms with Crippen LogP contribution < -0.4 is 0 Å². The predicted molar refractivity (Wildman–Crippen MR) is 64.2 cm³/mol. The summed E-state index contributed by atoms with van der Waals surface area (Å²) in [6.07, 6.45) is 2.89. The highest BCUT2D eigenvalue weighted by Gasteiger charge is 2.40. The Hall–Kier alpha value is -1.14. The van der Waals surface area contributed by atoms with E-state index in [1.54, 1.807) is 0 Å². The summed E-state index contributed by atoms with van der Waals surface area (Å²) >= 11 is 0. The van der Waals surface area contributed by atoms with Crippen LogP contribution >= 0.6 is 0 Å². The van der Waals surface area contributed by atoms with Gasteiger partial charge in [-0.3, -0.25) is 9.59 Å². The van der Waals surface area contributed by atoms with Crippen molar-refractivity contribution in [2.45, 2.75) is 57.7 Å². The molecule has 104 valence electrons. The molecule has 6 nitrogen and oxygen atoms in total. The van der Waals surface area contributed by atoms with Crippen molar-refractivity contribution in [2.24, 2.45) is 0 Å². The summed E-state index contributed by atoms with van der Waals surface area (Å²) in [4.78, 5) is 20.7. The quantitative estimate of drug-likeness (QED) is 0.310. The average Bonchev–Trinajstić information content (AvgIpc) is 2.68. The topological polar surface area (TPSA) is 86.7 Å². The van der Waals surface area contributed by atoms with Gasteiger partial charge in [-0.15, -0.1) is 0 Å². The fourth-order valence-electron chi connectivity index (χ4n) is 2.55. The number of unbranched alkanes of at least 4 members (excludes halogenated alkanes) is 1. The summed E-state index contributed by atoms with van der Waals surface area (Å²) in [6.45, 7) is 2.66. The molecule has 0 aromatic carbocycles. The van der Waals surface area contributed by atoms with Gasteiger partial charge >= 0.3 is 5.97 Å². The Morgan fingerprint density at radius 2 is 2.33 bits per heavy atom. The van der Waals surface area contributed by atoms with E-state index in [1.807, 2.05) is 6.92 Å². The van der Waals surface area contributed by atoms with Crippen LogP contribution in [0.1, 0.15) is 45.4 Å². The highest BCUT2D eigenvalue weighted by molar-refractivity contribution is 5.66. The van der Waals surface area contributed by atoms with E-state index in [-0.39, 0.29) is 12.5 Å². The molecule has 6 heteroatoms. The Labute approximate surface area is 107 Å². The SMILES string of the molecule is CC(CCCCC(=O)O)[N+]1([O-])CCCC1OC=O. The Morgan fingerprint density at radius 3 is 2.94 bits per heavy atom. The van der Waals surface area contributed by atoms with Crippen LogP contribution in [0.4, 0.5) is 0 Å². The van der Waals surface area contributed by atoms with Gasteiger partial charge < -0.3 is 19.7 Å². The van der Waals surface area contributed by atoms with Gasteiger partial charge in [0.05, 0.1) is 12.6 Å². The number of carboxylic acid groups (broad SMARTS) is 1. The van der Waals surface area contributed by atoms with Gasteiger partial charge in [0.15, 0.2) is 0 Å². The minimum absolute atomic E-state index is 0.139. The molecule has 0 bridgehead atoms. The maximum Gasteiger partial charge on any atom is 0.303 e. The monoisotopic (exact) mass is 259 g/mol. The molecule has 0 saturated carbocycles. The molecule has 0 amide bonds. The Balaban J connectivity index is 2.40. The number of nitrogens with zero attached hydrogens (tertiary/aromatic N) is 1. The number of likely N-dealkylation sites (tertiary alicyclic amines) is 1. The third-order valence-corrected chi connectivity index (χ3v) is 3.67. The van der Waals surface area contributed by atoms with Crippen molar-refractivity contribution < 1.29 is 24.1 Å². The summed E-state index contributed by atoms with van der Waals surface area (Å²) < 4.78 is 4.39. The van der Waals surface area contributed by atoms with Crippen molar-refractivity contribution >= 4 is 12.4 Å². The molecule has 0 aliphatic carbocycles. The number of quaternary nitrogens is 1. The standard InChI is InChI=1S/C12H21NO5/c1-10(5-2-3-7-12(15)16)13(17)8-4-6-11(13)18-9-14/h9-11H,2-8H2,1H3,(H,15,16). The molecular weight excluding hydrogens is 238 g/mol. The molecular formula is C12H21NO5. The van der Waals surface area contributed by atoms with Gasteiger partial charge in [-0.2, -0.15) is 0 Å². The van der Waals surface area contributed by atoms with Crippen LogP contribution in [0.3, 0.4) is 0 Å². The summed E-state index contributed by atoms with van der Waals surface area (Å²) in [5, 5.41) is 21.1. The number of hydroxylamine groups is 3. The van der Waals surface area contributed by atoms with E-state index in [0.29, 0.717) is 38.7 Å². The van der Waals surface area contributed by atoms with Gasteiger partial charge in [-0.05, 0) is 26.2 Å². The molecule has 18 heavy (non-hydrogen) atoms. The molecule has 1 rings (SSSR count). The molecule has 0 spiro atoms. The molecule has 1 heterocycles. The van der Waals surface area contributed by atoms with E-state index < -0.39 is 16.8 Å². The second-order valence-electron chi connectivity index (χ2n) is 4.90. The third-order valence-electron chi connectivity index (χ3n) is 3.67. The van der Waals surface area contributed by atoms with Gasteiger partial charge in [0, 0.05) is 19.3 Å². The minimum Gasteiger partial charge on any atom is -0.630 e. The highest BCUT2D eigenvalue weighted by atomic mass is 16.6. The van der Waals surface area contributed by atoms with E-state index >= 15 is 0 Å². The van der Waals surface area contributed by atoms with Gasteiger partial charge in [0.25, 0.3) is 6.47 Å². The van der Waals surface area contributed by atoms with Crippen molar-refractivity contribution in [1.29, 1.82) is 0 Å². The Morgan fingerprint density at radius 1 is 1.61 bits per heavy atom. The Bertz CT molecular complexity index is 296. The van der Waals surface area contributed by atoms with Crippen molar-refractivity contribution in [1.82, 2.24) is 0 Å². The summed E-state index contributed by atoms with van der Waals surface area (Å²) in [5.41, 5.74) is 0. The van der Waals surface area contributed by atoms with E-state index in [1.165, 1.54) is 0 Å². The van der Waals surface area contributed by atoms with Crippen LogP contribution in [0, 0.1) is 5.21 Å². The molecule has 1 saturated heterocycles. The van der Waals surface area contributed by atoms with Crippen LogP contribution in [0.5, 0.6) is 0 Å². The maximum atomic E-state index is 12.6. The normalized spacial score (nSPS) is 28.9. The first kappa shape index (κ1) is 14.9. The van der Waals surface area contributed by atoms with Crippen LogP contribution in [-0.2, 0) is 14.3 Å². The van der Waals surface area contributed by atoms with E-state index in [4.69, 9.17) is 9.84 Å². The molecule has 0 aromatic heterocycles. The number of aliphatic carboxylic acids is 1. The zero-order chi connectivity index (χ0) is 13.6. The van der Waals surface area contributed by atoms with Gasteiger partial charge in [0.2, 0.25) is 6.23 Å². The first-order valence-electron chi connectivity index (χ1n) is 6.40. The first-order chi connectivity index (χ1) is 8.50. The third kappa shape index (κ3) is 3.68. The number of carbonyl (C=O) groups is 2. The minimum atomic E-state index is -0.808. The molecule has 1 N–H and O–H groups in total. The number of ether oxygens (including phenoxy) is 1. The molecule has 0 aromatic rings. The van der Waals surface area contributed by atoms with Gasteiger partial charge in [-0.25, -0.2) is 0 Å². The Kier molecular flexibility index (Phi) is 5.55. The lowest BCUT2D eigenvalue weighted by atomic mass is 10.1.